The van der Waals surface area contributed by atoms with E-state index in [-0.39, 0.29) is 0 Å². The van der Waals surface area contributed by atoms with Crippen molar-refractivity contribution in [2.75, 3.05) is 0 Å². The van der Waals surface area contributed by atoms with E-state index in [9.17, 15) is 0 Å². The molecule has 2 N–H and O–H groups in total. The first kappa shape index (κ1) is 11.6. The molecule has 1 unspecified atom stereocenters. The second kappa shape index (κ2) is 4.53. The van der Waals surface area contributed by atoms with Crippen LogP contribution in [0.15, 0.2) is 36.0 Å². The smallest absolute Gasteiger partial charge is 0.0794 e. The summed E-state index contributed by atoms with van der Waals surface area (Å²) < 4.78 is 0. The standard InChI is InChI=1S/C12H13ClN2S/c1-12(14,6-9-7-15-8-16-9)10-4-2-3-5-11(10)13/h2-5,7-8H,6,14H2,1H3. The Bertz CT molecular complexity index is 466. The summed E-state index contributed by atoms with van der Waals surface area (Å²) in [5.74, 6) is 0. The van der Waals surface area contributed by atoms with Gasteiger partial charge in [-0.2, -0.15) is 0 Å². The van der Waals surface area contributed by atoms with Crippen LogP contribution in [0.3, 0.4) is 0 Å². The molecule has 1 aromatic heterocycles. The Morgan fingerprint density at radius 2 is 2.19 bits per heavy atom. The number of benzene rings is 1. The zero-order valence-corrected chi connectivity index (χ0v) is 10.6. The summed E-state index contributed by atoms with van der Waals surface area (Å²) in [6.07, 6.45) is 2.61. The highest BCUT2D eigenvalue weighted by atomic mass is 35.5. The molecule has 0 saturated heterocycles. The van der Waals surface area contributed by atoms with Crippen molar-refractivity contribution in [2.45, 2.75) is 18.9 Å². The first-order chi connectivity index (χ1) is 7.59. The van der Waals surface area contributed by atoms with E-state index in [0.29, 0.717) is 0 Å². The minimum absolute atomic E-state index is 0.453. The zero-order valence-electron chi connectivity index (χ0n) is 8.98. The third-order valence-electron chi connectivity index (χ3n) is 2.51. The van der Waals surface area contributed by atoms with E-state index in [1.165, 1.54) is 4.88 Å². The number of aromatic nitrogens is 1. The van der Waals surface area contributed by atoms with Gasteiger partial charge in [0.15, 0.2) is 0 Å². The number of rotatable bonds is 3. The molecule has 0 spiro atoms. The third-order valence-corrected chi connectivity index (χ3v) is 3.62. The van der Waals surface area contributed by atoms with E-state index in [2.05, 4.69) is 4.98 Å². The molecule has 1 aromatic carbocycles. The predicted molar refractivity (Wildman–Crippen MR) is 68.8 cm³/mol. The van der Waals surface area contributed by atoms with Crippen LogP contribution in [0.2, 0.25) is 5.02 Å². The van der Waals surface area contributed by atoms with Crippen molar-refractivity contribution < 1.29 is 0 Å². The van der Waals surface area contributed by atoms with Gasteiger partial charge >= 0.3 is 0 Å². The zero-order chi connectivity index (χ0) is 11.6. The van der Waals surface area contributed by atoms with E-state index < -0.39 is 5.54 Å². The molecule has 16 heavy (non-hydrogen) atoms. The number of hydrogen-bond acceptors (Lipinski definition) is 3. The van der Waals surface area contributed by atoms with Crippen molar-refractivity contribution in [3.8, 4) is 0 Å². The summed E-state index contributed by atoms with van der Waals surface area (Å²) in [6.45, 7) is 1.99. The lowest BCUT2D eigenvalue weighted by Crippen LogP contribution is -2.35. The van der Waals surface area contributed by atoms with Crippen LogP contribution in [0.25, 0.3) is 0 Å². The molecule has 0 aliphatic carbocycles. The van der Waals surface area contributed by atoms with Crippen LogP contribution in [0.4, 0.5) is 0 Å². The number of thiazole rings is 1. The molecule has 4 heteroatoms. The molecule has 0 amide bonds. The van der Waals surface area contributed by atoms with Gasteiger partial charge in [-0.15, -0.1) is 11.3 Å². The second-order valence-electron chi connectivity index (χ2n) is 4.04. The average molecular weight is 253 g/mol. The van der Waals surface area contributed by atoms with Crippen LogP contribution in [-0.4, -0.2) is 4.98 Å². The summed E-state index contributed by atoms with van der Waals surface area (Å²) in [5, 5.41) is 0.719. The lowest BCUT2D eigenvalue weighted by Gasteiger charge is -2.25. The molecular formula is C12H13ClN2S. The van der Waals surface area contributed by atoms with Gasteiger partial charge in [-0.1, -0.05) is 29.8 Å². The van der Waals surface area contributed by atoms with Gasteiger partial charge in [0, 0.05) is 28.1 Å². The molecule has 0 aliphatic rings. The number of halogens is 1. The lowest BCUT2D eigenvalue weighted by molar-refractivity contribution is 0.495. The molecule has 0 saturated carbocycles. The Morgan fingerprint density at radius 3 is 2.81 bits per heavy atom. The van der Waals surface area contributed by atoms with E-state index in [1.54, 1.807) is 11.3 Å². The fourth-order valence-corrected chi connectivity index (χ4v) is 2.82. The summed E-state index contributed by atoms with van der Waals surface area (Å²) in [7, 11) is 0. The number of nitrogens with two attached hydrogens (primary N) is 1. The van der Waals surface area contributed by atoms with Crippen LogP contribution in [-0.2, 0) is 12.0 Å². The van der Waals surface area contributed by atoms with Crippen molar-refractivity contribution in [2.24, 2.45) is 5.73 Å². The van der Waals surface area contributed by atoms with Gasteiger partial charge in [-0.3, -0.25) is 4.98 Å². The van der Waals surface area contributed by atoms with Crippen molar-refractivity contribution >= 4 is 22.9 Å². The Morgan fingerprint density at radius 1 is 1.44 bits per heavy atom. The maximum atomic E-state index is 6.32. The largest absolute Gasteiger partial charge is 0.321 e. The minimum Gasteiger partial charge on any atom is -0.321 e. The summed E-state index contributed by atoms with van der Waals surface area (Å²) in [5.41, 5.74) is 8.67. The molecular weight excluding hydrogens is 240 g/mol. The van der Waals surface area contributed by atoms with Gasteiger partial charge in [0.1, 0.15) is 0 Å². The molecule has 2 rings (SSSR count). The predicted octanol–water partition coefficient (Wildman–Crippen LogP) is 3.21. The Kier molecular flexibility index (Phi) is 3.28. The molecule has 0 aliphatic heterocycles. The van der Waals surface area contributed by atoms with Gasteiger partial charge in [0.05, 0.1) is 5.51 Å². The SMILES string of the molecule is CC(N)(Cc1cncs1)c1ccccc1Cl. The highest BCUT2D eigenvalue weighted by molar-refractivity contribution is 7.09. The molecule has 0 fully saturated rings. The fraction of sp³-hybridized carbons (Fsp3) is 0.250. The quantitative estimate of drug-likeness (QED) is 0.911. The van der Waals surface area contributed by atoms with Crippen molar-refractivity contribution in [1.29, 1.82) is 0 Å². The lowest BCUT2D eigenvalue weighted by atomic mass is 9.89. The van der Waals surface area contributed by atoms with Crippen molar-refractivity contribution in [1.82, 2.24) is 4.98 Å². The molecule has 84 valence electrons. The molecule has 0 bridgehead atoms. The normalized spacial score (nSPS) is 14.7. The number of nitrogens with zero attached hydrogens (tertiary/aromatic N) is 1. The maximum Gasteiger partial charge on any atom is 0.0794 e. The van der Waals surface area contributed by atoms with Gasteiger partial charge < -0.3 is 5.73 Å². The summed E-state index contributed by atoms with van der Waals surface area (Å²) >= 11 is 7.77. The highest BCUT2D eigenvalue weighted by Crippen LogP contribution is 2.29. The van der Waals surface area contributed by atoms with Gasteiger partial charge in [0.25, 0.3) is 0 Å². The van der Waals surface area contributed by atoms with Crippen molar-refractivity contribution in [3.05, 3.63) is 51.4 Å². The van der Waals surface area contributed by atoms with Gasteiger partial charge in [-0.25, -0.2) is 0 Å². The first-order valence-corrected chi connectivity index (χ1v) is 6.26. The first-order valence-electron chi connectivity index (χ1n) is 5.01. The molecule has 1 heterocycles. The summed E-state index contributed by atoms with van der Waals surface area (Å²) in [4.78, 5) is 5.22. The van der Waals surface area contributed by atoms with E-state index >= 15 is 0 Å². The van der Waals surface area contributed by atoms with Crippen LogP contribution in [0.1, 0.15) is 17.4 Å². The van der Waals surface area contributed by atoms with Crippen LogP contribution in [0.5, 0.6) is 0 Å². The van der Waals surface area contributed by atoms with Crippen LogP contribution < -0.4 is 5.73 Å². The third kappa shape index (κ3) is 2.43. The Labute approximate surface area is 104 Å². The molecule has 1 atom stereocenters. The van der Waals surface area contributed by atoms with E-state index in [4.69, 9.17) is 17.3 Å². The molecule has 2 aromatic rings. The minimum atomic E-state index is -0.453. The molecule has 2 nitrogen and oxygen atoms in total. The van der Waals surface area contributed by atoms with Gasteiger partial charge in [-0.05, 0) is 18.6 Å². The van der Waals surface area contributed by atoms with E-state index in [0.717, 1.165) is 17.0 Å². The molecule has 0 radical (unpaired) electrons. The Balaban J connectivity index is 2.28. The van der Waals surface area contributed by atoms with Crippen LogP contribution in [0, 0.1) is 0 Å². The Hall–Kier alpha value is -0.900. The van der Waals surface area contributed by atoms with Crippen LogP contribution >= 0.6 is 22.9 Å². The summed E-state index contributed by atoms with van der Waals surface area (Å²) in [6, 6.07) is 7.71. The van der Waals surface area contributed by atoms with E-state index in [1.807, 2.05) is 42.9 Å². The maximum absolute atomic E-state index is 6.32. The van der Waals surface area contributed by atoms with Crippen molar-refractivity contribution in [3.63, 3.8) is 0 Å². The van der Waals surface area contributed by atoms with Gasteiger partial charge in [0.2, 0.25) is 0 Å². The highest BCUT2D eigenvalue weighted by Gasteiger charge is 2.24. The number of hydrogen-bond donors (Lipinski definition) is 1. The second-order valence-corrected chi connectivity index (χ2v) is 5.42. The topological polar surface area (TPSA) is 38.9 Å². The fourth-order valence-electron chi connectivity index (χ4n) is 1.71. The monoisotopic (exact) mass is 252 g/mol. The average Bonchev–Trinajstić information content (AvgIpc) is 2.70.